The second kappa shape index (κ2) is 4.45. The fourth-order valence-corrected chi connectivity index (χ4v) is 1.68. The van der Waals surface area contributed by atoms with Crippen molar-refractivity contribution in [3.05, 3.63) is 41.4 Å². The first-order chi connectivity index (χ1) is 7.27. The molecule has 1 aliphatic rings. The molecule has 2 rings (SSSR count). The summed E-state index contributed by atoms with van der Waals surface area (Å²) in [5.41, 5.74) is 7.95. The number of rotatable bonds is 2. The number of hydrogen-bond acceptors (Lipinski definition) is 3. The maximum Gasteiger partial charge on any atom is 0.115 e. The van der Waals surface area contributed by atoms with Gasteiger partial charge in [0.2, 0.25) is 0 Å². The van der Waals surface area contributed by atoms with Gasteiger partial charge in [-0.15, -0.1) is 0 Å². The maximum atomic E-state index is 6.08. The molecule has 0 aliphatic carbocycles. The van der Waals surface area contributed by atoms with Crippen LogP contribution in [0.1, 0.15) is 30.3 Å². The molecule has 0 saturated carbocycles. The Morgan fingerprint density at radius 3 is 3.00 bits per heavy atom. The summed E-state index contributed by atoms with van der Waals surface area (Å²) in [4.78, 5) is 4.40. The van der Waals surface area contributed by atoms with Crippen molar-refractivity contribution in [3.63, 3.8) is 0 Å². The van der Waals surface area contributed by atoms with E-state index in [-0.39, 0.29) is 6.04 Å². The maximum absolute atomic E-state index is 6.08. The van der Waals surface area contributed by atoms with Crippen molar-refractivity contribution < 1.29 is 4.74 Å². The van der Waals surface area contributed by atoms with E-state index in [1.807, 2.05) is 25.1 Å². The van der Waals surface area contributed by atoms with Crippen LogP contribution in [0.3, 0.4) is 0 Å². The molecule has 1 aromatic heterocycles. The van der Waals surface area contributed by atoms with Gasteiger partial charge in [-0.25, -0.2) is 0 Å². The molecular weight excluding hydrogens is 188 g/mol. The molecule has 2 N–H and O–H groups in total. The molecule has 0 aromatic carbocycles. The second-order valence-corrected chi connectivity index (χ2v) is 3.78. The van der Waals surface area contributed by atoms with Crippen LogP contribution in [0.25, 0.3) is 0 Å². The third-order valence-electron chi connectivity index (χ3n) is 2.50. The number of nitrogens with two attached hydrogens (primary N) is 1. The fraction of sp³-hybridized carbons (Fsp3) is 0.417. The number of aryl methyl sites for hydroxylation is 1. The van der Waals surface area contributed by atoms with E-state index in [1.165, 1.54) is 0 Å². The van der Waals surface area contributed by atoms with Crippen molar-refractivity contribution in [3.8, 4) is 0 Å². The molecule has 0 fully saturated rings. The van der Waals surface area contributed by atoms with Crippen molar-refractivity contribution >= 4 is 0 Å². The Bertz CT molecular complexity index is 374. The summed E-state index contributed by atoms with van der Waals surface area (Å²) >= 11 is 0. The zero-order valence-electron chi connectivity index (χ0n) is 8.94. The first-order valence-electron chi connectivity index (χ1n) is 5.29. The number of pyridine rings is 1. The highest BCUT2D eigenvalue weighted by atomic mass is 16.5. The SMILES string of the molecule is Cc1cccc(C(N)C2=CCCCO2)n1. The molecular formula is C12H16N2O. The average Bonchev–Trinajstić information content (AvgIpc) is 2.29. The molecule has 3 heteroatoms. The van der Waals surface area contributed by atoms with Gasteiger partial charge < -0.3 is 10.5 Å². The smallest absolute Gasteiger partial charge is 0.115 e. The van der Waals surface area contributed by atoms with Crippen molar-refractivity contribution in [2.45, 2.75) is 25.8 Å². The van der Waals surface area contributed by atoms with E-state index >= 15 is 0 Å². The van der Waals surface area contributed by atoms with Gasteiger partial charge in [-0.05, 0) is 38.0 Å². The third-order valence-corrected chi connectivity index (χ3v) is 2.50. The van der Waals surface area contributed by atoms with Gasteiger partial charge in [0.05, 0.1) is 12.3 Å². The van der Waals surface area contributed by atoms with Crippen LogP contribution in [0.4, 0.5) is 0 Å². The normalized spacial score (nSPS) is 17.9. The molecule has 1 aliphatic heterocycles. The van der Waals surface area contributed by atoms with E-state index in [1.54, 1.807) is 0 Å². The number of ether oxygens (including phenoxy) is 1. The average molecular weight is 204 g/mol. The van der Waals surface area contributed by atoms with Crippen LogP contribution in [0.15, 0.2) is 30.0 Å². The van der Waals surface area contributed by atoms with Crippen LogP contribution in [0.2, 0.25) is 0 Å². The molecule has 80 valence electrons. The van der Waals surface area contributed by atoms with E-state index in [0.717, 1.165) is 36.6 Å². The van der Waals surface area contributed by atoms with Crippen LogP contribution in [-0.4, -0.2) is 11.6 Å². The second-order valence-electron chi connectivity index (χ2n) is 3.78. The molecule has 1 unspecified atom stereocenters. The Morgan fingerprint density at radius 1 is 1.47 bits per heavy atom. The Kier molecular flexibility index (Phi) is 3.02. The molecule has 2 heterocycles. The predicted molar refractivity (Wildman–Crippen MR) is 59.2 cm³/mol. The molecule has 0 bridgehead atoms. The van der Waals surface area contributed by atoms with Gasteiger partial charge in [0.1, 0.15) is 11.8 Å². The molecule has 15 heavy (non-hydrogen) atoms. The van der Waals surface area contributed by atoms with Crippen molar-refractivity contribution in [1.82, 2.24) is 4.98 Å². The first-order valence-corrected chi connectivity index (χ1v) is 5.29. The number of nitrogens with zero attached hydrogens (tertiary/aromatic N) is 1. The molecule has 1 aromatic rings. The lowest BCUT2D eigenvalue weighted by molar-refractivity contribution is 0.175. The van der Waals surface area contributed by atoms with Crippen molar-refractivity contribution in [2.75, 3.05) is 6.61 Å². The summed E-state index contributed by atoms with van der Waals surface area (Å²) in [6, 6.07) is 5.66. The van der Waals surface area contributed by atoms with Crippen molar-refractivity contribution in [2.24, 2.45) is 5.73 Å². The molecule has 0 saturated heterocycles. The number of hydrogen-bond donors (Lipinski definition) is 1. The lowest BCUT2D eigenvalue weighted by atomic mass is 10.1. The predicted octanol–water partition coefficient (Wildman–Crippen LogP) is 2.08. The van der Waals surface area contributed by atoms with E-state index < -0.39 is 0 Å². The van der Waals surface area contributed by atoms with Crippen LogP contribution in [0.5, 0.6) is 0 Å². The molecule has 1 atom stereocenters. The summed E-state index contributed by atoms with van der Waals surface area (Å²) < 4.78 is 5.53. The van der Waals surface area contributed by atoms with Gasteiger partial charge in [-0.1, -0.05) is 6.07 Å². The van der Waals surface area contributed by atoms with Crippen LogP contribution in [0, 0.1) is 6.92 Å². The minimum atomic E-state index is -0.217. The van der Waals surface area contributed by atoms with Gasteiger partial charge >= 0.3 is 0 Å². The number of aromatic nitrogens is 1. The minimum Gasteiger partial charge on any atom is -0.496 e. The molecule has 3 nitrogen and oxygen atoms in total. The Hall–Kier alpha value is -1.35. The molecule has 0 spiro atoms. The summed E-state index contributed by atoms with van der Waals surface area (Å²) in [5.74, 6) is 0.861. The van der Waals surface area contributed by atoms with E-state index in [9.17, 15) is 0 Å². The highest BCUT2D eigenvalue weighted by Crippen LogP contribution is 2.22. The summed E-state index contributed by atoms with van der Waals surface area (Å²) in [6.07, 6.45) is 4.20. The summed E-state index contributed by atoms with van der Waals surface area (Å²) in [6.45, 7) is 2.73. The van der Waals surface area contributed by atoms with Crippen LogP contribution < -0.4 is 5.73 Å². The topological polar surface area (TPSA) is 48.1 Å². The van der Waals surface area contributed by atoms with E-state index in [2.05, 4.69) is 11.1 Å². The van der Waals surface area contributed by atoms with Crippen molar-refractivity contribution in [1.29, 1.82) is 0 Å². The lowest BCUT2D eigenvalue weighted by Crippen LogP contribution is -2.19. The van der Waals surface area contributed by atoms with Gasteiger partial charge in [0.15, 0.2) is 0 Å². The number of allylic oxidation sites excluding steroid dienone is 1. The minimum absolute atomic E-state index is 0.217. The highest BCUT2D eigenvalue weighted by molar-refractivity contribution is 5.20. The summed E-state index contributed by atoms with van der Waals surface area (Å²) in [7, 11) is 0. The van der Waals surface area contributed by atoms with E-state index in [4.69, 9.17) is 10.5 Å². The van der Waals surface area contributed by atoms with Gasteiger partial charge in [0, 0.05) is 5.69 Å². The van der Waals surface area contributed by atoms with Gasteiger partial charge in [-0.2, -0.15) is 0 Å². The Balaban J connectivity index is 2.19. The zero-order chi connectivity index (χ0) is 10.7. The molecule has 0 amide bonds. The standard InChI is InChI=1S/C12H16N2O/c1-9-5-4-6-10(14-9)12(13)11-7-2-3-8-15-11/h4-7,12H,2-3,8,13H2,1H3. The van der Waals surface area contributed by atoms with Gasteiger partial charge in [-0.3, -0.25) is 4.98 Å². The third kappa shape index (κ3) is 2.36. The lowest BCUT2D eigenvalue weighted by Gasteiger charge is -2.20. The summed E-state index contributed by atoms with van der Waals surface area (Å²) in [5, 5.41) is 0. The van der Waals surface area contributed by atoms with Gasteiger partial charge in [0.25, 0.3) is 0 Å². The quantitative estimate of drug-likeness (QED) is 0.802. The zero-order valence-corrected chi connectivity index (χ0v) is 8.94. The Morgan fingerprint density at radius 2 is 2.33 bits per heavy atom. The van der Waals surface area contributed by atoms with E-state index in [0.29, 0.717) is 0 Å². The fourth-order valence-electron chi connectivity index (χ4n) is 1.68. The molecule has 0 radical (unpaired) electrons. The largest absolute Gasteiger partial charge is 0.496 e. The van der Waals surface area contributed by atoms with Crippen LogP contribution in [-0.2, 0) is 4.74 Å². The van der Waals surface area contributed by atoms with Crippen LogP contribution >= 0.6 is 0 Å². The highest BCUT2D eigenvalue weighted by Gasteiger charge is 2.16. The monoisotopic (exact) mass is 204 g/mol. The first kappa shape index (κ1) is 10.2. The Labute approximate surface area is 90.0 Å².